The molecule has 28 heavy (non-hydrogen) atoms. The summed E-state index contributed by atoms with van der Waals surface area (Å²) in [5, 5.41) is 11.0. The molecule has 0 spiro atoms. The number of nitrogens with one attached hydrogen (secondary N) is 2. The van der Waals surface area contributed by atoms with Crippen LogP contribution >= 0.6 is 0 Å². The molecule has 0 aliphatic rings. The highest BCUT2D eigenvalue weighted by atomic mass is 16.5. The molecule has 148 valence electrons. The van der Waals surface area contributed by atoms with Gasteiger partial charge in [-0.25, -0.2) is 4.99 Å². The lowest BCUT2D eigenvalue weighted by Gasteiger charge is -2.12. The molecule has 0 aliphatic carbocycles. The zero-order chi connectivity index (χ0) is 19.6. The Labute approximate surface area is 165 Å². The van der Waals surface area contributed by atoms with E-state index in [1.807, 2.05) is 60.4 Å². The highest BCUT2D eigenvalue weighted by molar-refractivity contribution is 5.79. The van der Waals surface area contributed by atoms with E-state index < -0.39 is 0 Å². The van der Waals surface area contributed by atoms with Gasteiger partial charge in [-0.2, -0.15) is 5.10 Å². The van der Waals surface area contributed by atoms with Crippen molar-refractivity contribution in [3.05, 3.63) is 71.9 Å². The van der Waals surface area contributed by atoms with Gasteiger partial charge in [0.1, 0.15) is 11.5 Å². The van der Waals surface area contributed by atoms with E-state index in [1.54, 1.807) is 13.4 Å². The van der Waals surface area contributed by atoms with Gasteiger partial charge in [0.2, 0.25) is 0 Å². The smallest absolute Gasteiger partial charge is 0.191 e. The molecule has 7 nitrogen and oxygen atoms in total. The van der Waals surface area contributed by atoms with Crippen molar-refractivity contribution >= 4 is 5.96 Å². The molecule has 0 bridgehead atoms. The van der Waals surface area contributed by atoms with E-state index in [4.69, 9.17) is 14.1 Å². The number of ether oxygens (including phenoxy) is 1. The first-order valence-corrected chi connectivity index (χ1v) is 9.39. The van der Waals surface area contributed by atoms with Gasteiger partial charge in [-0.3, -0.25) is 4.68 Å². The first-order valence-electron chi connectivity index (χ1n) is 9.39. The zero-order valence-corrected chi connectivity index (χ0v) is 16.4. The third-order valence-corrected chi connectivity index (χ3v) is 4.42. The molecule has 3 aromatic rings. The molecule has 0 aliphatic heterocycles. The maximum Gasteiger partial charge on any atom is 0.191 e. The predicted octanol–water partition coefficient (Wildman–Crippen LogP) is 2.54. The van der Waals surface area contributed by atoms with Crippen molar-refractivity contribution in [2.75, 3.05) is 20.2 Å². The number of benzene rings is 1. The Morgan fingerprint density at radius 2 is 1.89 bits per heavy atom. The number of methoxy groups -OCH3 is 1. The summed E-state index contributed by atoms with van der Waals surface area (Å²) in [6.07, 6.45) is 5.19. The van der Waals surface area contributed by atoms with Gasteiger partial charge in [0.15, 0.2) is 5.96 Å². The fourth-order valence-electron chi connectivity index (χ4n) is 2.79. The van der Waals surface area contributed by atoms with E-state index in [9.17, 15) is 0 Å². The average Bonchev–Trinajstić information content (AvgIpc) is 3.38. The third kappa shape index (κ3) is 5.90. The van der Waals surface area contributed by atoms with Gasteiger partial charge in [-0.05, 0) is 35.9 Å². The van der Waals surface area contributed by atoms with E-state index >= 15 is 0 Å². The maximum absolute atomic E-state index is 5.39. The van der Waals surface area contributed by atoms with Crippen molar-refractivity contribution in [3.63, 3.8) is 0 Å². The van der Waals surface area contributed by atoms with E-state index in [0.29, 0.717) is 6.54 Å². The fourth-order valence-corrected chi connectivity index (χ4v) is 2.79. The van der Waals surface area contributed by atoms with E-state index in [0.717, 1.165) is 49.0 Å². The molecule has 0 fully saturated rings. The van der Waals surface area contributed by atoms with Crippen molar-refractivity contribution < 1.29 is 9.15 Å². The van der Waals surface area contributed by atoms with Crippen LogP contribution in [-0.4, -0.2) is 35.9 Å². The lowest BCUT2D eigenvalue weighted by molar-refractivity contribution is 0.414. The minimum atomic E-state index is 0.589. The Kier molecular flexibility index (Phi) is 7.12. The Balaban J connectivity index is 1.55. The van der Waals surface area contributed by atoms with Crippen molar-refractivity contribution in [2.24, 2.45) is 12.0 Å². The molecule has 2 heterocycles. The number of nitrogens with zero attached hydrogens (tertiary/aromatic N) is 3. The summed E-state index contributed by atoms with van der Waals surface area (Å²) in [7, 11) is 3.62. The Hall–Kier alpha value is -3.22. The standard InChI is InChI=1S/C21H27N5O2/c1-26-18(10-14-25-26)9-12-22-21(23-13-11-20-4-3-15-28-20)24-16-17-5-7-19(27-2)8-6-17/h3-8,10,14-15H,9,11-13,16H2,1-2H3,(H2,22,23,24). The molecule has 3 rings (SSSR count). The number of aromatic nitrogens is 2. The molecular weight excluding hydrogens is 354 g/mol. The SMILES string of the molecule is COc1ccc(CN=C(NCCc2ccco2)NCCc2ccnn2C)cc1. The monoisotopic (exact) mass is 381 g/mol. The minimum Gasteiger partial charge on any atom is -0.497 e. The van der Waals surface area contributed by atoms with Gasteiger partial charge in [0, 0.05) is 44.9 Å². The molecule has 0 atom stereocenters. The number of aliphatic imine (C=N–C) groups is 1. The maximum atomic E-state index is 5.39. The van der Waals surface area contributed by atoms with Gasteiger partial charge in [0.25, 0.3) is 0 Å². The van der Waals surface area contributed by atoms with Crippen LogP contribution in [0.3, 0.4) is 0 Å². The molecule has 7 heteroatoms. The lowest BCUT2D eigenvalue weighted by atomic mass is 10.2. The number of hydrogen-bond donors (Lipinski definition) is 2. The lowest BCUT2D eigenvalue weighted by Crippen LogP contribution is -2.39. The van der Waals surface area contributed by atoms with Crippen molar-refractivity contribution in [2.45, 2.75) is 19.4 Å². The normalized spacial score (nSPS) is 11.4. The molecule has 0 saturated heterocycles. The summed E-state index contributed by atoms with van der Waals surface area (Å²) in [4.78, 5) is 4.71. The average molecular weight is 381 g/mol. The van der Waals surface area contributed by atoms with Crippen LogP contribution in [0, 0.1) is 0 Å². The van der Waals surface area contributed by atoms with Crippen molar-refractivity contribution in [1.82, 2.24) is 20.4 Å². The van der Waals surface area contributed by atoms with Gasteiger partial charge in [-0.1, -0.05) is 12.1 Å². The number of hydrogen-bond acceptors (Lipinski definition) is 4. The molecule has 0 saturated carbocycles. The largest absolute Gasteiger partial charge is 0.497 e. The minimum absolute atomic E-state index is 0.589. The van der Waals surface area contributed by atoms with Crippen LogP contribution in [0.5, 0.6) is 5.75 Å². The van der Waals surface area contributed by atoms with Crippen LogP contribution < -0.4 is 15.4 Å². The Bertz CT molecular complexity index is 853. The number of rotatable bonds is 9. The van der Waals surface area contributed by atoms with Crippen LogP contribution in [0.1, 0.15) is 17.0 Å². The second kappa shape index (κ2) is 10.2. The molecule has 2 aromatic heterocycles. The summed E-state index contributed by atoms with van der Waals surface area (Å²) in [5.41, 5.74) is 2.30. The molecule has 1 aromatic carbocycles. The van der Waals surface area contributed by atoms with Gasteiger partial charge >= 0.3 is 0 Å². The van der Waals surface area contributed by atoms with Crippen LogP contribution in [0.25, 0.3) is 0 Å². The Morgan fingerprint density at radius 1 is 1.11 bits per heavy atom. The van der Waals surface area contributed by atoms with E-state index in [1.165, 1.54) is 5.69 Å². The van der Waals surface area contributed by atoms with Gasteiger partial charge in [-0.15, -0.1) is 0 Å². The Morgan fingerprint density at radius 3 is 2.54 bits per heavy atom. The first kappa shape index (κ1) is 19.5. The second-order valence-electron chi connectivity index (χ2n) is 6.39. The summed E-state index contributed by atoms with van der Waals surface area (Å²) < 4.78 is 12.5. The van der Waals surface area contributed by atoms with Crippen LogP contribution in [-0.2, 0) is 26.4 Å². The van der Waals surface area contributed by atoms with Crippen LogP contribution in [0.2, 0.25) is 0 Å². The quantitative estimate of drug-likeness (QED) is 0.440. The third-order valence-electron chi connectivity index (χ3n) is 4.42. The number of guanidine groups is 1. The highest BCUT2D eigenvalue weighted by Gasteiger charge is 2.03. The fraction of sp³-hybridized carbons (Fsp3) is 0.333. The molecular formula is C21H27N5O2. The molecule has 0 amide bonds. The summed E-state index contributed by atoms with van der Waals surface area (Å²) in [6.45, 7) is 2.11. The highest BCUT2D eigenvalue weighted by Crippen LogP contribution is 2.11. The summed E-state index contributed by atoms with van der Waals surface area (Å²) >= 11 is 0. The second-order valence-corrected chi connectivity index (χ2v) is 6.39. The number of furan rings is 1. The van der Waals surface area contributed by atoms with E-state index in [-0.39, 0.29) is 0 Å². The zero-order valence-electron chi connectivity index (χ0n) is 16.4. The van der Waals surface area contributed by atoms with Crippen molar-refractivity contribution in [3.8, 4) is 5.75 Å². The molecule has 0 radical (unpaired) electrons. The molecule has 0 unspecified atom stereocenters. The van der Waals surface area contributed by atoms with Gasteiger partial charge < -0.3 is 19.8 Å². The molecule has 2 N–H and O–H groups in total. The number of aryl methyl sites for hydroxylation is 1. The van der Waals surface area contributed by atoms with Crippen LogP contribution in [0.15, 0.2) is 64.3 Å². The van der Waals surface area contributed by atoms with Crippen molar-refractivity contribution in [1.29, 1.82) is 0 Å². The predicted molar refractivity (Wildman–Crippen MR) is 109 cm³/mol. The first-order chi connectivity index (χ1) is 13.7. The van der Waals surface area contributed by atoms with Gasteiger partial charge in [0.05, 0.1) is 19.9 Å². The summed E-state index contributed by atoms with van der Waals surface area (Å²) in [6, 6.07) is 13.9. The topological polar surface area (TPSA) is 76.6 Å². The van der Waals surface area contributed by atoms with E-state index in [2.05, 4.69) is 15.7 Å². The summed E-state index contributed by atoms with van der Waals surface area (Å²) in [5.74, 6) is 2.58. The van der Waals surface area contributed by atoms with Crippen LogP contribution in [0.4, 0.5) is 0 Å².